The van der Waals surface area contributed by atoms with Gasteiger partial charge in [-0.25, -0.2) is 23.4 Å². The van der Waals surface area contributed by atoms with Gasteiger partial charge in [-0.3, -0.25) is 4.90 Å². The third-order valence-corrected chi connectivity index (χ3v) is 3.47. The van der Waals surface area contributed by atoms with Crippen LogP contribution in [-0.4, -0.2) is 20.3 Å². The monoisotopic (exact) mass is 340 g/mol. The number of aromatic nitrogens is 4. The number of fused-ring (bicyclic) bond motifs is 1. The van der Waals surface area contributed by atoms with Crippen LogP contribution in [-0.2, 0) is 0 Å². The van der Waals surface area contributed by atoms with Gasteiger partial charge in [0, 0.05) is 0 Å². The Morgan fingerprint density at radius 2 is 1.40 bits per heavy atom. The van der Waals surface area contributed by atoms with Gasteiger partial charge in [-0.05, 0) is 46.7 Å². The summed E-state index contributed by atoms with van der Waals surface area (Å²) in [6, 6.07) is 11.5. The second-order valence-corrected chi connectivity index (χ2v) is 5.14. The van der Waals surface area contributed by atoms with E-state index in [1.165, 1.54) is 41.3 Å². The number of benzene rings is 2. The number of halogens is 2. The lowest BCUT2D eigenvalue weighted by Gasteiger charge is -2.24. The lowest BCUT2D eigenvalue weighted by molar-refractivity contribution is 0.314. The van der Waals surface area contributed by atoms with Gasteiger partial charge < -0.3 is 5.73 Å². The fraction of sp³-hybridized carbons (Fsp3) is 0. The fourth-order valence-corrected chi connectivity index (χ4v) is 2.43. The molecule has 0 unspecified atom stereocenters. The van der Waals surface area contributed by atoms with Crippen LogP contribution in [0.4, 0.5) is 31.8 Å². The zero-order chi connectivity index (χ0) is 17.4. The van der Waals surface area contributed by atoms with E-state index in [1.807, 2.05) is 0 Å². The average molecular weight is 340 g/mol. The van der Waals surface area contributed by atoms with Crippen LogP contribution in [0.15, 0.2) is 53.2 Å². The fourth-order valence-electron chi connectivity index (χ4n) is 2.43. The molecule has 0 spiro atoms. The number of hydrogen-bond acceptors (Lipinski definition) is 7. The Morgan fingerprint density at radius 1 is 0.840 bits per heavy atom. The quantitative estimate of drug-likeness (QED) is 0.611. The first kappa shape index (κ1) is 14.9. The summed E-state index contributed by atoms with van der Waals surface area (Å²) < 4.78 is 32.1. The van der Waals surface area contributed by atoms with E-state index < -0.39 is 11.6 Å². The summed E-state index contributed by atoms with van der Waals surface area (Å²) in [5.74, 6) is -0.764. The highest BCUT2D eigenvalue weighted by Gasteiger charge is 2.20. The molecule has 7 nitrogen and oxygen atoms in total. The highest BCUT2D eigenvalue weighted by atomic mass is 19.1. The molecule has 0 aliphatic heterocycles. The molecule has 25 heavy (non-hydrogen) atoms. The summed E-state index contributed by atoms with van der Waals surface area (Å²) in [5, 5.41) is 7.21. The molecule has 0 saturated heterocycles. The Morgan fingerprint density at radius 3 is 1.96 bits per heavy atom. The minimum absolute atomic E-state index is 0.0109. The average Bonchev–Trinajstić information content (AvgIpc) is 3.03. The Hall–Kier alpha value is -3.62. The van der Waals surface area contributed by atoms with Gasteiger partial charge in [0.25, 0.3) is 0 Å². The molecule has 0 saturated carbocycles. The molecule has 0 atom stereocenters. The number of anilines is 4. The van der Waals surface area contributed by atoms with E-state index in [4.69, 9.17) is 5.73 Å². The van der Waals surface area contributed by atoms with Crippen molar-refractivity contribution >= 4 is 34.3 Å². The minimum Gasteiger partial charge on any atom is -0.381 e. The van der Waals surface area contributed by atoms with Crippen molar-refractivity contribution in [2.75, 3.05) is 10.6 Å². The van der Waals surface area contributed by atoms with Crippen molar-refractivity contribution in [3.8, 4) is 0 Å². The lowest BCUT2D eigenvalue weighted by Crippen LogP contribution is -2.15. The van der Waals surface area contributed by atoms with Crippen LogP contribution in [0.25, 0.3) is 11.3 Å². The molecule has 0 amide bonds. The van der Waals surface area contributed by atoms with Crippen molar-refractivity contribution in [3.05, 3.63) is 60.2 Å². The molecule has 4 aromatic rings. The Balaban J connectivity index is 1.97. The van der Waals surface area contributed by atoms with Gasteiger partial charge in [-0.15, -0.1) is 0 Å². The van der Waals surface area contributed by atoms with Crippen LogP contribution in [0.3, 0.4) is 0 Å². The number of nitrogen functional groups attached to an aromatic ring is 1. The van der Waals surface area contributed by atoms with Gasteiger partial charge in [-0.2, -0.15) is 0 Å². The molecule has 2 aromatic heterocycles. The largest absolute Gasteiger partial charge is 0.381 e. The standard InChI is InChI=1S/C16H10F2N6O/c17-9-3-1-5-11(7-9)24(12-6-2-4-10(18)8-12)16-13(19)20-14-15(21-16)23-25-22-14/h1-8H,(H2,19,20,22). The third-order valence-electron chi connectivity index (χ3n) is 3.47. The first-order valence-corrected chi connectivity index (χ1v) is 7.19. The second-order valence-electron chi connectivity index (χ2n) is 5.14. The van der Waals surface area contributed by atoms with Crippen LogP contribution in [0.1, 0.15) is 0 Å². The van der Waals surface area contributed by atoms with Crippen LogP contribution in [0.5, 0.6) is 0 Å². The summed E-state index contributed by atoms with van der Waals surface area (Å²) in [4.78, 5) is 9.82. The van der Waals surface area contributed by atoms with E-state index in [2.05, 4.69) is 24.9 Å². The molecule has 124 valence electrons. The molecule has 0 aliphatic carbocycles. The third kappa shape index (κ3) is 2.71. The summed E-state index contributed by atoms with van der Waals surface area (Å²) in [5.41, 5.74) is 7.03. The van der Waals surface area contributed by atoms with Crippen molar-refractivity contribution < 1.29 is 13.4 Å². The maximum absolute atomic E-state index is 13.7. The molecular weight excluding hydrogens is 330 g/mol. The van der Waals surface area contributed by atoms with Gasteiger partial charge >= 0.3 is 0 Å². The molecule has 0 fully saturated rings. The van der Waals surface area contributed by atoms with Crippen molar-refractivity contribution in [1.29, 1.82) is 0 Å². The Labute approximate surface area is 139 Å². The normalized spacial score (nSPS) is 11.0. The van der Waals surface area contributed by atoms with Gasteiger partial charge in [0.15, 0.2) is 11.6 Å². The van der Waals surface area contributed by atoms with Crippen LogP contribution >= 0.6 is 0 Å². The van der Waals surface area contributed by atoms with E-state index in [0.29, 0.717) is 11.4 Å². The number of nitrogens with two attached hydrogens (primary N) is 1. The molecular formula is C16H10F2N6O. The van der Waals surface area contributed by atoms with E-state index in [1.54, 1.807) is 12.1 Å². The lowest BCUT2D eigenvalue weighted by atomic mass is 10.2. The van der Waals surface area contributed by atoms with Gasteiger partial charge in [-0.1, -0.05) is 12.1 Å². The van der Waals surface area contributed by atoms with Crippen molar-refractivity contribution in [1.82, 2.24) is 20.3 Å². The zero-order valence-corrected chi connectivity index (χ0v) is 12.6. The number of rotatable bonds is 3. The van der Waals surface area contributed by atoms with E-state index in [9.17, 15) is 8.78 Å². The van der Waals surface area contributed by atoms with Crippen LogP contribution in [0, 0.1) is 11.6 Å². The van der Waals surface area contributed by atoms with Crippen molar-refractivity contribution in [2.45, 2.75) is 0 Å². The predicted octanol–water partition coefficient (Wildman–Crippen LogP) is 3.34. The number of hydrogen-bond donors (Lipinski definition) is 1. The molecule has 0 bridgehead atoms. The molecule has 2 heterocycles. The van der Waals surface area contributed by atoms with Gasteiger partial charge in [0.05, 0.1) is 11.4 Å². The molecule has 4 rings (SSSR count). The highest BCUT2D eigenvalue weighted by Crippen LogP contribution is 2.36. The van der Waals surface area contributed by atoms with Crippen molar-refractivity contribution in [3.63, 3.8) is 0 Å². The molecule has 0 aliphatic rings. The molecule has 2 aromatic carbocycles. The topological polar surface area (TPSA) is 94.0 Å². The highest BCUT2D eigenvalue weighted by molar-refractivity contribution is 5.83. The maximum atomic E-state index is 13.7. The first-order chi connectivity index (χ1) is 12.1. The second kappa shape index (κ2) is 5.78. The minimum atomic E-state index is -0.463. The molecule has 9 heteroatoms. The van der Waals surface area contributed by atoms with E-state index >= 15 is 0 Å². The zero-order valence-electron chi connectivity index (χ0n) is 12.6. The van der Waals surface area contributed by atoms with Crippen LogP contribution in [0.2, 0.25) is 0 Å². The van der Waals surface area contributed by atoms with Gasteiger partial charge in [0.2, 0.25) is 11.3 Å². The molecule has 2 N–H and O–H groups in total. The summed E-state index contributed by atoms with van der Waals surface area (Å²) in [6.45, 7) is 0. The van der Waals surface area contributed by atoms with Crippen molar-refractivity contribution in [2.24, 2.45) is 0 Å². The summed E-state index contributed by atoms with van der Waals surface area (Å²) in [7, 11) is 0. The number of nitrogens with zero attached hydrogens (tertiary/aromatic N) is 5. The first-order valence-electron chi connectivity index (χ1n) is 7.19. The van der Waals surface area contributed by atoms with Crippen LogP contribution < -0.4 is 10.6 Å². The summed E-state index contributed by atoms with van der Waals surface area (Å²) >= 11 is 0. The Bertz CT molecular complexity index is 1020. The Kier molecular flexibility index (Phi) is 3.46. The SMILES string of the molecule is Nc1nc2nonc2nc1N(c1cccc(F)c1)c1cccc(F)c1. The smallest absolute Gasteiger partial charge is 0.245 e. The predicted molar refractivity (Wildman–Crippen MR) is 86.4 cm³/mol. The maximum Gasteiger partial charge on any atom is 0.245 e. The van der Waals surface area contributed by atoms with E-state index in [0.717, 1.165) is 0 Å². The molecule has 0 radical (unpaired) electrons. The summed E-state index contributed by atoms with van der Waals surface area (Å²) in [6.07, 6.45) is 0. The van der Waals surface area contributed by atoms with E-state index in [-0.39, 0.29) is 22.9 Å². The van der Waals surface area contributed by atoms with Gasteiger partial charge in [0.1, 0.15) is 11.6 Å².